The standard InChI is InChI=1S/C17H21BrN2/c1-20-9-2-3-16(8-10-20)19-17-7-5-13-11-15(18)6-4-14(13)12-17/h4-7,11-12,16,19H,2-3,8-10H2,1H3. The van der Waals surface area contributed by atoms with Gasteiger partial charge in [-0.15, -0.1) is 0 Å². The first-order valence-electron chi connectivity index (χ1n) is 7.35. The van der Waals surface area contributed by atoms with Crippen LogP contribution in [0.4, 0.5) is 5.69 Å². The predicted molar refractivity (Wildman–Crippen MR) is 90.4 cm³/mol. The van der Waals surface area contributed by atoms with E-state index in [1.165, 1.54) is 48.8 Å². The minimum Gasteiger partial charge on any atom is -0.382 e. The fraction of sp³-hybridized carbons (Fsp3) is 0.412. The van der Waals surface area contributed by atoms with E-state index in [2.05, 4.69) is 69.6 Å². The molecule has 0 radical (unpaired) electrons. The SMILES string of the molecule is CN1CCCC(Nc2ccc3cc(Br)ccc3c2)CC1. The minimum atomic E-state index is 0.604. The van der Waals surface area contributed by atoms with E-state index in [1.54, 1.807) is 0 Å². The van der Waals surface area contributed by atoms with E-state index >= 15 is 0 Å². The minimum absolute atomic E-state index is 0.604. The molecule has 0 aliphatic carbocycles. The average Bonchev–Trinajstić information content (AvgIpc) is 2.64. The zero-order chi connectivity index (χ0) is 13.9. The van der Waals surface area contributed by atoms with Gasteiger partial charge in [-0.3, -0.25) is 0 Å². The highest BCUT2D eigenvalue weighted by molar-refractivity contribution is 9.10. The van der Waals surface area contributed by atoms with Crippen molar-refractivity contribution < 1.29 is 0 Å². The average molecular weight is 333 g/mol. The van der Waals surface area contributed by atoms with Gasteiger partial charge < -0.3 is 10.2 Å². The fourth-order valence-electron chi connectivity index (χ4n) is 2.93. The number of hydrogen-bond acceptors (Lipinski definition) is 2. The Labute approximate surface area is 129 Å². The van der Waals surface area contributed by atoms with Crippen molar-refractivity contribution in [3.05, 3.63) is 40.9 Å². The number of benzene rings is 2. The number of rotatable bonds is 2. The third-order valence-corrected chi connectivity index (χ3v) is 4.62. The van der Waals surface area contributed by atoms with Crippen LogP contribution in [-0.2, 0) is 0 Å². The molecule has 1 aliphatic heterocycles. The van der Waals surface area contributed by atoms with Crippen LogP contribution in [0.1, 0.15) is 19.3 Å². The summed E-state index contributed by atoms with van der Waals surface area (Å²) in [7, 11) is 2.22. The molecule has 1 aliphatic rings. The molecule has 2 aromatic carbocycles. The van der Waals surface area contributed by atoms with Gasteiger partial charge in [0.1, 0.15) is 0 Å². The number of fused-ring (bicyclic) bond motifs is 1. The quantitative estimate of drug-likeness (QED) is 0.871. The van der Waals surface area contributed by atoms with Gasteiger partial charge in [-0.25, -0.2) is 0 Å². The van der Waals surface area contributed by atoms with E-state index in [0.29, 0.717) is 6.04 Å². The fourth-order valence-corrected chi connectivity index (χ4v) is 3.31. The first-order valence-corrected chi connectivity index (χ1v) is 8.14. The molecule has 1 heterocycles. The third-order valence-electron chi connectivity index (χ3n) is 4.12. The summed E-state index contributed by atoms with van der Waals surface area (Å²) in [6, 6.07) is 13.7. The Kier molecular flexibility index (Phi) is 4.27. The number of likely N-dealkylation sites (tertiary alicyclic amines) is 1. The molecule has 106 valence electrons. The van der Waals surface area contributed by atoms with Crippen LogP contribution in [0.25, 0.3) is 10.8 Å². The Balaban J connectivity index is 1.75. The van der Waals surface area contributed by atoms with Crippen molar-refractivity contribution in [1.82, 2.24) is 4.90 Å². The molecule has 3 rings (SSSR count). The number of nitrogens with zero attached hydrogens (tertiary/aromatic N) is 1. The second kappa shape index (κ2) is 6.15. The molecule has 0 spiro atoms. The van der Waals surface area contributed by atoms with Crippen molar-refractivity contribution in [3.8, 4) is 0 Å². The van der Waals surface area contributed by atoms with Crippen LogP contribution in [0.3, 0.4) is 0 Å². The van der Waals surface area contributed by atoms with Gasteiger partial charge in [-0.05, 0) is 74.4 Å². The molecule has 0 saturated carbocycles. The lowest BCUT2D eigenvalue weighted by molar-refractivity contribution is 0.348. The zero-order valence-corrected chi connectivity index (χ0v) is 13.5. The van der Waals surface area contributed by atoms with Crippen LogP contribution in [0.15, 0.2) is 40.9 Å². The topological polar surface area (TPSA) is 15.3 Å². The van der Waals surface area contributed by atoms with Crippen molar-refractivity contribution in [2.75, 3.05) is 25.5 Å². The van der Waals surface area contributed by atoms with Gasteiger partial charge >= 0.3 is 0 Å². The van der Waals surface area contributed by atoms with Gasteiger partial charge in [0.25, 0.3) is 0 Å². The molecule has 3 heteroatoms. The normalized spacial score (nSPS) is 20.8. The van der Waals surface area contributed by atoms with Crippen molar-refractivity contribution >= 4 is 32.4 Å². The molecule has 0 amide bonds. The molecule has 1 unspecified atom stereocenters. The highest BCUT2D eigenvalue weighted by Crippen LogP contribution is 2.24. The van der Waals surface area contributed by atoms with Crippen LogP contribution in [-0.4, -0.2) is 31.1 Å². The molecular formula is C17H21BrN2. The number of anilines is 1. The Morgan fingerprint density at radius 1 is 1.05 bits per heavy atom. The van der Waals surface area contributed by atoms with Gasteiger partial charge in [0.2, 0.25) is 0 Å². The molecule has 1 atom stereocenters. The van der Waals surface area contributed by atoms with E-state index in [9.17, 15) is 0 Å². The monoisotopic (exact) mass is 332 g/mol. The first kappa shape index (κ1) is 13.9. The van der Waals surface area contributed by atoms with Crippen LogP contribution in [0.5, 0.6) is 0 Å². The van der Waals surface area contributed by atoms with Gasteiger partial charge in [0.15, 0.2) is 0 Å². The summed E-state index contributed by atoms with van der Waals surface area (Å²) in [6.07, 6.45) is 3.78. The van der Waals surface area contributed by atoms with Gasteiger partial charge in [-0.1, -0.05) is 28.1 Å². The summed E-state index contributed by atoms with van der Waals surface area (Å²) in [5.74, 6) is 0. The second-order valence-electron chi connectivity index (χ2n) is 5.78. The molecule has 1 saturated heterocycles. The summed E-state index contributed by atoms with van der Waals surface area (Å²) >= 11 is 3.52. The Bertz CT molecular complexity index is 597. The molecule has 20 heavy (non-hydrogen) atoms. The number of halogens is 1. The van der Waals surface area contributed by atoms with Crippen molar-refractivity contribution in [1.29, 1.82) is 0 Å². The Hall–Kier alpha value is -1.06. The van der Waals surface area contributed by atoms with Gasteiger partial charge in [-0.2, -0.15) is 0 Å². The first-order chi connectivity index (χ1) is 9.70. The van der Waals surface area contributed by atoms with Gasteiger partial charge in [0.05, 0.1) is 0 Å². The number of hydrogen-bond donors (Lipinski definition) is 1. The summed E-state index contributed by atoms with van der Waals surface area (Å²) in [5.41, 5.74) is 1.24. The zero-order valence-electron chi connectivity index (χ0n) is 11.9. The van der Waals surface area contributed by atoms with Gasteiger partial charge in [0, 0.05) is 16.2 Å². The summed E-state index contributed by atoms with van der Waals surface area (Å²) in [5, 5.41) is 6.29. The van der Waals surface area contributed by atoms with Crippen LogP contribution in [0.2, 0.25) is 0 Å². The number of nitrogens with one attached hydrogen (secondary N) is 1. The van der Waals surface area contributed by atoms with Crippen LogP contribution < -0.4 is 5.32 Å². The lowest BCUT2D eigenvalue weighted by Crippen LogP contribution is -2.22. The van der Waals surface area contributed by atoms with Crippen molar-refractivity contribution in [2.24, 2.45) is 0 Å². The lowest BCUT2D eigenvalue weighted by atomic mass is 10.1. The molecule has 2 nitrogen and oxygen atoms in total. The Morgan fingerprint density at radius 2 is 1.85 bits per heavy atom. The molecule has 1 fully saturated rings. The maximum absolute atomic E-state index is 3.71. The van der Waals surface area contributed by atoms with Crippen molar-refractivity contribution in [2.45, 2.75) is 25.3 Å². The molecular weight excluding hydrogens is 312 g/mol. The third kappa shape index (κ3) is 3.33. The Morgan fingerprint density at radius 3 is 2.75 bits per heavy atom. The summed E-state index contributed by atoms with van der Waals surface area (Å²) in [4.78, 5) is 2.43. The largest absolute Gasteiger partial charge is 0.382 e. The van der Waals surface area contributed by atoms with E-state index in [0.717, 1.165) is 4.47 Å². The summed E-state index contributed by atoms with van der Waals surface area (Å²) < 4.78 is 1.14. The highest BCUT2D eigenvalue weighted by atomic mass is 79.9. The lowest BCUT2D eigenvalue weighted by Gasteiger charge is -2.18. The van der Waals surface area contributed by atoms with E-state index < -0.39 is 0 Å². The smallest absolute Gasteiger partial charge is 0.0348 e. The van der Waals surface area contributed by atoms with E-state index in [1.807, 2.05) is 0 Å². The maximum Gasteiger partial charge on any atom is 0.0348 e. The molecule has 2 aromatic rings. The molecule has 0 bridgehead atoms. The second-order valence-corrected chi connectivity index (χ2v) is 6.70. The summed E-state index contributed by atoms with van der Waals surface area (Å²) in [6.45, 7) is 2.42. The van der Waals surface area contributed by atoms with Crippen LogP contribution in [0, 0.1) is 0 Å². The van der Waals surface area contributed by atoms with Crippen molar-refractivity contribution in [3.63, 3.8) is 0 Å². The molecule has 1 N–H and O–H groups in total. The van der Waals surface area contributed by atoms with Crippen LogP contribution >= 0.6 is 15.9 Å². The van der Waals surface area contributed by atoms with E-state index in [-0.39, 0.29) is 0 Å². The predicted octanol–water partition coefficient (Wildman–Crippen LogP) is 4.50. The molecule has 0 aromatic heterocycles. The maximum atomic E-state index is 3.71. The van der Waals surface area contributed by atoms with E-state index in [4.69, 9.17) is 0 Å². The highest BCUT2D eigenvalue weighted by Gasteiger charge is 2.14.